The number of anilines is 1. The summed E-state index contributed by atoms with van der Waals surface area (Å²) in [7, 11) is 0. The van der Waals surface area contributed by atoms with Gasteiger partial charge >= 0.3 is 0 Å². The molecule has 0 unspecified atom stereocenters. The normalized spacial score (nSPS) is 14.7. The highest BCUT2D eigenvalue weighted by Crippen LogP contribution is 2.45. The number of aromatic nitrogens is 2. The Morgan fingerprint density at radius 1 is 1.22 bits per heavy atom. The van der Waals surface area contributed by atoms with Gasteiger partial charge in [-0.25, -0.2) is 0 Å². The van der Waals surface area contributed by atoms with Gasteiger partial charge in [0.15, 0.2) is 0 Å². The highest BCUT2D eigenvalue weighted by molar-refractivity contribution is 6.30. The fourth-order valence-corrected chi connectivity index (χ4v) is 3.65. The summed E-state index contributed by atoms with van der Waals surface area (Å²) in [5.74, 6) is 0.244. The number of nitrogens with one attached hydrogen (secondary N) is 2. The van der Waals surface area contributed by atoms with Crippen LogP contribution in [0.1, 0.15) is 49.3 Å². The molecule has 1 fully saturated rings. The molecule has 1 aliphatic carbocycles. The number of hydrogen-bond acceptors (Lipinski definition) is 2. The zero-order valence-electron chi connectivity index (χ0n) is 15.2. The summed E-state index contributed by atoms with van der Waals surface area (Å²) in [6.07, 6.45) is 2.98. The number of hydrogen-bond donors (Lipinski definition) is 2. The molecule has 1 atom stereocenters. The number of aromatic amines is 1. The number of benzene rings is 2. The molecule has 2 aromatic carbocycles. The van der Waals surface area contributed by atoms with Crippen LogP contribution in [0.5, 0.6) is 0 Å². The molecule has 1 heterocycles. The average molecular weight is 380 g/mol. The lowest BCUT2D eigenvalue weighted by atomic mass is 9.95. The van der Waals surface area contributed by atoms with Gasteiger partial charge in [-0.3, -0.25) is 9.89 Å². The number of rotatable bonds is 6. The average Bonchev–Trinajstić information content (AvgIpc) is 3.44. The first kappa shape index (κ1) is 17.8. The second-order valence-corrected chi connectivity index (χ2v) is 7.44. The second-order valence-electron chi connectivity index (χ2n) is 7.01. The summed E-state index contributed by atoms with van der Waals surface area (Å²) in [6.45, 7) is 2.03. The molecule has 0 spiro atoms. The van der Waals surface area contributed by atoms with E-state index in [0.717, 1.165) is 47.5 Å². The van der Waals surface area contributed by atoms with Crippen LogP contribution in [0, 0.1) is 0 Å². The van der Waals surface area contributed by atoms with E-state index in [2.05, 4.69) is 15.5 Å². The molecule has 1 aromatic heterocycles. The topological polar surface area (TPSA) is 57.8 Å². The molecule has 1 saturated carbocycles. The maximum Gasteiger partial charge on any atom is 0.232 e. The predicted molar refractivity (Wildman–Crippen MR) is 109 cm³/mol. The van der Waals surface area contributed by atoms with Crippen molar-refractivity contribution in [3.63, 3.8) is 0 Å². The first-order valence-electron chi connectivity index (χ1n) is 9.37. The van der Waals surface area contributed by atoms with E-state index in [0.29, 0.717) is 10.9 Å². The molecule has 0 saturated heterocycles. The molecule has 0 radical (unpaired) electrons. The Morgan fingerprint density at radius 2 is 2.00 bits per heavy atom. The van der Waals surface area contributed by atoms with Crippen molar-refractivity contribution in [3.8, 4) is 11.3 Å². The Bertz CT molecular complexity index is 947. The van der Waals surface area contributed by atoms with Crippen LogP contribution >= 0.6 is 11.6 Å². The van der Waals surface area contributed by atoms with Gasteiger partial charge in [0.1, 0.15) is 5.69 Å². The Morgan fingerprint density at radius 3 is 2.67 bits per heavy atom. The van der Waals surface area contributed by atoms with Crippen LogP contribution in [0.4, 0.5) is 5.69 Å². The second kappa shape index (κ2) is 7.57. The highest BCUT2D eigenvalue weighted by atomic mass is 35.5. The Hall–Kier alpha value is -2.59. The van der Waals surface area contributed by atoms with E-state index >= 15 is 0 Å². The molecule has 3 aromatic rings. The summed E-state index contributed by atoms with van der Waals surface area (Å²) in [5.41, 5.74) is 4.48. The first-order chi connectivity index (χ1) is 13.2. The lowest BCUT2D eigenvalue weighted by molar-refractivity contribution is -0.117. The number of carbonyl (C=O) groups is 1. The smallest absolute Gasteiger partial charge is 0.232 e. The summed E-state index contributed by atoms with van der Waals surface area (Å²) < 4.78 is 0. The molecule has 27 heavy (non-hydrogen) atoms. The predicted octanol–water partition coefficient (Wildman–Crippen LogP) is 5.74. The van der Waals surface area contributed by atoms with Crippen LogP contribution in [0.25, 0.3) is 11.3 Å². The quantitative estimate of drug-likeness (QED) is 0.573. The Labute approximate surface area is 164 Å². The monoisotopic (exact) mass is 379 g/mol. The lowest BCUT2D eigenvalue weighted by Gasteiger charge is -2.16. The van der Waals surface area contributed by atoms with E-state index in [9.17, 15) is 4.79 Å². The lowest BCUT2D eigenvalue weighted by Crippen LogP contribution is -2.21. The van der Waals surface area contributed by atoms with Crippen molar-refractivity contribution >= 4 is 23.2 Å². The third-order valence-electron chi connectivity index (χ3n) is 5.05. The van der Waals surface area contributed by atoms with E-state index in [1.54, 1.807) is 0 Å². The summed E-state index contributed by atoms with van der Waals surface area (Å²) in [6, 6.07) is 17.5. The molecule has 0 bridgehead atoms. The van der Waals surface area contributed by atoms with E-state index in [1.165, 1.54) is 0 Å². The van der Waals surface area contributed by atoms with E-state index < -0.39 is 0 Å². The van der Waals surface area contributed by atoms with Crippen molar-refractivity contribution < 1.29 is 4.79 Å². The molecular weight excluding hydrogens is 358 g/mol. The molecular formula is C22H22ClN3O. The van der Waals surface area contributed by atoms with Crippen LogP contribution < -0.4 is 5.32 Å². The minimum Gasteiger partial charge on any atom is -0.322 e. The molecule has 1 aliphatic rings. The molecule has 138 valence electrons. The molecule has 1 amide bonds. The van der Waals surface area contributed by atoms with Gasteiger partial charge in [-0.05, 0) is 37.0 Å². The number of amides is 1. The van der Waals surface area contributed by atoms with E-state index in [1.807, 2.05) is 61.5 Å². The maximum absolute atomic E-state index is 13.1. The zero-order valence-corrected chi connectivity index (χ0v) is 16.0. The SMILES string of the molecule is CC[C@@H](C(=O)Nc1c(-c2cccc(Cl)c2)n[nH]c1C1CC1)c1ccccc1. The largest absolute Gasteiger partial charge is 0.322 e. The van der Waals surface area contributed by atoms with Gasteiger partial charge in [-0.2, -0.15) is 5.10 Å². The fraction of sp³-hybridized carbons (Fsp3) is 0.273. The van der Waals surface area contributed by atoms with Gasteiger partial charge in [0, 0.05) is 16.5 Å². The minimum atomic E-state index is -0.194. The van der Waals surface area contributed by atoms with Crippen LogP contribution in [0.15, 0.2) is 54.6 Å². The van der Waals surface area contributed by atoms with Crippen molar-refractivity contribution in [2.75, 3.05) is 5.32 Å². The van der Waals surface area contributed by atoms with E-state index in [-0.39, 0.29) is 11.8 Å². The van der Waals surface area contributed by atoms with Crippen molar-refractivity contribution in [1.29, 1.82) is 0 Å². The zero-order chi connectivity index (χ0) is 18.8. The summed E-state index contributed by atoms with van der Waals surface area (Å²) >= 11 is 6.16. The molecule has 4 rings (SSSR count). The Kier molecular flexibility index (Phi) is 4.99. The van der Waals surface area contributed by atoms with Gasteiger partial charge in [0.05, 0.1) is 17.3 Å². The van der Waals surface area contributed by atoms with Gasteiger partial charge in [0.2, 0.25) is 5.91 Å². The number of nitrogens with zero attached hydrogens (tertiary/aromatic N) is 1. The van der Waals surface area contributed by atoms with Crippen molar-refractivity contribution in [2.24, 2.45) is 0 Å². The van der Waals surface area contributed by atoms with Gasteiger partial charge < -0.3 is 5.32 Å². The Balaban J connectivity index is 1.68. The van der Waals surface area contributed by atoms with Crippen LogP contribution in [0.3, 0.4) is 0 Å². The van der Waals surface area contributed by atoms with E-state index in [4.69, 9.17) is 11.6 Å². The van der Waals surface area contributed by atoms with Crippen LogP contribution in [-0.4, -0.2) is 16.1 Å². The fourth-order valence-electron chi connectivity index (χ4n) is 3.46. The summed E-state index contributed by atoms with van der Waals surface area (Å²) in [4.78, 5) is 13.1. The number of carbonyl (C=O) groups excluding carboxylic acids is 1. The first-order valence-corrected chi connectivity index (χ1v) is 9.75. The highest BCUT2D eigenvalue weighted by Gasteiger charge is 2.32. The standard InChI is InChI=1S/C22H22ClN3O/c1-2-18(14-7-4-3-5-8-14)22(27)24-21-19(15-11-12-15)25-26-20(21)16-9-6-10-17(23)13-16/h3-10,13,15,18H,2,11-12H2,1H3,(H,24,27)(H,25,26)/t18-/m1/s1. The van der Waals surface area contributed by atoms with Crippen LogP contribution in [0.2, 0.25) is 5.02 Å². The van der Waals surface area contributed by atoms with Gasteiger partial charge in [-0.15, -0.1) is 0 Å². The molecule has 4 nitrogen and oxygen atoms in total. The van der Waals surface area contributed by atoms with Gasteiger partial charge in [-0.1, -0.05) is 61.0 Å². The van der Waals surface area contributed by atoms with Crippen LogP contribution in [-0.2, 0) is 4.79 Å². The van der Waals surface area contributed by atoms with Crippen molar-refractivity contribution in [1.82, 2.24) is 10.2 Å². The molecule has 5 heteroatoms. The maximum atomic E-state index is 13.1. The van der Waals surface area contributed by atoms with Crippen molar-refractivity contribution in [3.05, 3.63) is 70.9 Å². The summed E-state index contributed by atoms with van der Waals surface area (Å²) in [5, 5.41) is 11.5. The van der Waals surface area contributed by atoms with Gasteiger partial charge in [0.25, 0.3) is 0 Å². The number of halogens is 1. The number of H-pyrrole nitrogens is 1. The molecule has 0 aliphatic heterocycles. The van der Waals surface area contributed by atoms with Crippen molar-refractivity contribution in [2.45, 2.75) is 38.0 Å². The third-order valence-corrected chi connectivity index (χ3v) is 5.29. The molecule has 2 N–H and O–H groups in total. The third kappa shape index (κ3) is 3.76. The minimum absolute atomic E-state index is 0.00437.